The Balaban J connectivity index is 2.96. The minimum atomic E-state index is -0.659. The van der Waals surface area contributed by atoms with Gasteiger partial charge in [0.2, 0.25) is 0 Å². The molecule has 0 saturated carbocycles. The Kier molecular flexibility index (Phi) is 3.78. The van der Waals surface area contributed by atoms with E-state index in [0.29, 0.717) is 12.2 Å². The molecule has 0 saturated heterocycles. The lowest BCUT2D eigenvalue weighted by Crippen LogP contribution is -2.18. The maximum absolute atomic E-state index is 13.1. The van der Waals surface area contributed by atoms with Gasteiger partial charge in [-0.3, -0.25) is 10.1 Å². The van der Waals surface area contributed by atoms with Gasteiger partial charge in [-0.2, -0.15) is 5.26 Å². The highest BCUT2D eigenvalue weighted by molar-refractivity contribution is 5.53. The summed E-state index contributed by atoms with van der Waals surface area (Å²) in [5, 5.41) is 18.9. The van der Waals surface area contributed by atoms with Crippen molar-refractivity contribution in [1.82, 2.24) is 0 Å². The smallest absolute Gasteiger partial charge is 0.274 e. The first kappa shape index (κ1) is 11.9. The van der Waals surface area contributed by atoms with Crippen LogP contribution >= 0.6 is 0 Å². The van der Waals surface area contributed by atoms with Gasteiger partial charge < -0.3 is 4.90 Å². The normalized spacial score (nSPS) is 9.56. The first-order valence-corrected chi connectivity index (χ1v) is 4.57. The highest BCUT2D eigenvalue weighted by Gasteiger charge is 2.11. The Bertz CT molecular complexity index is 442. The van der Waals surface area contributed by atoms with Crippen molar-refractivity contribution in [2.75, 3.05) is 18.5 Å². The van der Waals surface area contributed by atoms with E-state index < -0.39 is 10.7 Å². The Morgan fingerprint density at radius 3 is 2.81 bits per heavy atom. The van der Waals surface area contributed by atoms with Gasteiger partial charge in [0.15, 0.2) is 0 Å². The fourth-order valence-electron chi connectivity index (χ4n) is 1.23. The van der Waals surface area contributed by atoms with Crippen molar-refractivity contribution in [2.24, 2.45) is 0 Å². The molecule has 0 radical (unpaired) electrons. The third-order valence-corrected chi connectivity index (χ3v) is 2.08. The molecule has 0 heterocycles. The second-order valence-electron chi connectivity index (χ2n) is 3.25. The fraction of sp³-hybridized carbons (Fsp3) is 0.300. The van der Waals surface area contributed by atoms with Crippen molar-refractivity contribution >= 4 is 11.4 Å². The second kappa shape index (κ2) is 5.07. The summed E-state index contributed by atoms with van der Waals surface area (Å²) in [6.07, 6.45) is 0.279. The molecule has 5 nitrogen and oxygen atoms in total. The van der Waals surface area contributed by atoms with Crippen LogP contribution in [0.1, 0.15) is 6.42 Å². The molecule has 0 atom stereocenters. The lowest BCUT2D eigenvalue weighted by Gasteiger charge is -2.17. The van der Waals surface area contributed by atoms with E-state index in [1.807, 2.05) is 6.07 Å². The molecule has 0 aliphatic heterocycles. The number of hydrogen-bond donors (Lipinski definition) is 0. The summed E-state index contributed by atoms with van der Waals surface area (Å²) >= 11 is 0. The highest BCUT2D eigenvalue weighted by Crippen LogP contribution is 2.22. The van der Waals surface area contributed by atoms with Crippen LogP contribution in [0.15, 0.2) is 18.2 Å². The average Bonchev–Trinajstić information content (AvgIpc) is 2.24. The van der Waals surface area contributed by atoms with E-state index in [1.165, 1.54) is 12.1 Å². The SMILES string of the molecule is CN(CCC#N)c1cc(F)cc([N+](=O)[O-])c1. The monoisotopic (exact) mass is 223 g/mol. The number of halogens is 1. The summed E-state index contributed by atoms with van der Waals surface area (Å²) in [6.45, 7) is 0.400. The van der Waals surface area contributed by atoms with E-state index >= 15 is 0 Å². The van der Waals surface area contributed by atoms with E-state index in [-0.39, 0.29) is 12.1 Å². The van der Waals surface area contributed by atoms with E-state index in [2.05, 4.69) is 0 Å². The van der Waals surface area contributed by atoms with E-state index in [0.717, 1.165) is 6.07 Å². The summed E-state index contributed by atoms with van der Waals surface area (Å²) < 4.78 is 13.1. The van der Waals surface area contributed by atoms with Crippen molar-refractivity contribution in [1.29, 1.82) is 5.26 Å². The van der Waals surface area contributed by atoms with Crippen molar-refractivity contribution < 1.29 is 9.31 Å². The van der Waals surface area contributed by atoms with Crippen LogP contribution in [0.25, 0.3) is 0 Å². The molecule has 0 spiro atoms. The molecule has 1 aromatic rings. The number of nitro groups is 1. The minimum absolute atomic E-state index is 0.279. The van der Waals surface area contributed by atoms with E-state index in [4.69, 9.17) is 5.26 Å². The lowest BCUT2D eigenvalue weighted by molar-refractivity contribution is -0.385. The number of nitro benzene ring substituents is 1. The predicted molar refractivity (Wildman–Crippen MR) is 56.6 cm³/mol. The van der Waals surface area contributed by atoms with Crippen LogP contribution in [-0.4, -0.2) is 18.5 Å². The Labute approximate surface area is 91.9 Å². The molecule has 0 unspecified atom stereocenters. The van der Waals surface area contributed by atoms with Crippen molar-refractivity contribution in [3.8, 4) is 6.07 Å². The summed E-state index contributed by atoms with van der Waals surface area (Å²) in [6, 6.07) is 5.29. The number of nitriles is 1. The lowest BCUT2D eigenvalue weighted by atomic mass is 10.2. The number of hydrogen-bond acceptors (Lipinski definition) is 4. The van der Waals surface area contributed by atoms with Crippen LogP contribution in [0.2, 0.25) is 0 Å². The summed E-state index contributed by atoms with van der Waals surface area (Å²) in [4.78, 5) is 11.5. The van der Waals surface area contributed by atoms with E-state index in [9.17, 15) is 14.5 Å². The fourth-order valence-corrected chi connectivity index (χ4v) is 1.23. The molecule has 0 aliphatic carbocycles. The highest BCUT2D eigenvalue weighted by atomic mass is 19.1. The van der Waals surface area contributed by atoms with Crippen LogP contribution in [0.3, 0.4) is 0 Å². The molecule has 1 rings (SSSR count). The number of nitrogens with zero attached hydrogens (tertiary/aromatic N) is 3. The summed E-state index contributed by atoms with van der Waals surface area (Å²) in [5.41, 5.74) is 0.0979. The maximum atomic E-state index is 13.1. The zero-order chi connectivity index (χ0) is 12.1. The Morgan fingerprint density at radius 1 is 1.56 bits per heavy atom. The maximum Gasteiger partial charge on any atom is 0.274 e. The molecule has 1 aromatic carbocycles. The van der Waals surface area contributed by atoms with Crippen LogP contribution in [0.4, 0.5) is 15.8 Å². The third kappa shape index (κ3) is 2.92. The van der Waals surface area contributed by atoms with Crippen LogP contribution in [-0.2, 0) is 0 Å². The molecule has 0 amide bonds. The minimum Gasteiger partial charge on any atom is -0.373 e. The van der Waals surface area contributed by atoms with Gasteiger partial charge in [0.1, 0.15) is 5.82 Å². The van der Waals surface area contributed by atoms with Crippen LogP contribution < -0.4 is 4.90 Å². The standard InChI is InChI=1S/C10H10FN3O2/c1-13(4-2-3-12)9-5-8(11)6-10(7-9)14(15)16/h5-7H,2,4H2,1H3. The van der Waals surface area contributed by atoms with Crippen molar-refractivity contribution in [3.05, 3.63) is 34.1 Å². The molecular weight excluding hydrogens is 213 g/mol. The topological polar surface area (TPSA) is 70.2 Å². The number of rotatable bonds is 4. The average molecular weight is 223 g/mol. The van der Waals surface area contributed by atoms with Gasteiger partial charge in [0, 0.05) is 25.3 Å². The van der Waals surface area contributed by atoms with Crippen molar-refractivity contribution in [2.45, 2.75) is 6.42 Å². The van der Waals surface area contributed by atoms with Gasteiger partial charge in [-0.15, -0.1) is 0 Å². The molecule has 0 fully saturated rings. The largest absolute Gasteiger partial charge is 0.373 e. The zero-order valence-electron chi connectivity index (χ0n) is 8.68. The van der Waals surface area contributed by atoms with Gasteiger partial charge in [-0.05, 0) is 6.07 Å². The van der Waals surface area contributed by atoms with Crippen molar-refractivity contribution in [3.63, 3.8) is 0 Å². The molecule has 0 N–H and O–H groups in total. The molecule has 0 aliphatic rings. The van der Waals surface area contributed by atoms with Crippen LogP contribution in [0.5, 0.6) is 0 Å². The first-order chi connectivity index (χ1) is 7.54. The van der Waals surface area contributed by atoms with Crippen LogP contribution in [0, 0.1) is 27.3 Å². The Hall–Kier alpha value is -2.16. The number of benzene rings is 1. The summed E-state index contributed by atoms with van der Waals surface area (Å²) in [5.74, 6) is -0.659. The van der Waals surface area contributed by atoms with Gasteiger partial charge in [0.25, 0.3) is 5.69 Å². The summed E-state index contributed by atoms with van der Waals surface area (Å²) in [7, 11) is 1.65. The van der Waals surface area contributed by atoms with Gasteiger partial charge >= 0.3 is 0 Å². The molecule has 84 valence electrons. The van der Waals surface area contributed by atoms with Gasteiger partial charge in [0.05, 0.1) is 23.5 Å². The molecular formula is C10H10FN3O2. The quantitative estimate of drug-likeness (QED) is 0.578. The first-order valence-electron chi connectivity index (χ1n) is 4.57. The molecule has 0 aromatic heterocycles. The number of non-ortho nitro benzene ring substituents is 1. The molecule has 0 bridgehead atoms. The zero-order valence-corrected chi connectivity index (χ0v) is 8.68. The second-order valence-corrected chi connectivity index (χ2v) is 3.25. The van der Waals surface area contributed by atoms with E-state index in [1.54, 1.807) is 11.9 Å². The predicted octanol–water partition coefficient (Wildman–Crippen LogP) is 2.08. The van der Waals surface area contributed by atoms with Gasteiger partial charge in [-0.1, -0.05) is 0 Å². The van der Waals surface area contributed by atoms with Gasteiger partial charge in [-0.25, -0.2) is 4.39 Å². The number of anilines is 1. The Morgan fingerprint density at radius 2 is 2.25 bits per heavy atom. The molecule has 16 heavy (non-hydrogen) atoms. The third-order valence-electron chi connectivity index (χ3n) is 2.08. The molecule has 6 heteroatoms.